The van der Waals surface area contributed by atoms with E-state index in [1.54, 1.807) is 12.1 Å². The van der Waals surface area contributed by atoms with Gasteiger partial charge in [0.25, 0.3) is 0 Å². The molecule has 1 aromatic rings. The fourth-order valence-electron chi connectivity index (χ4n) is 2.10. The second-order valence-electron chi connectivity index (χ2n) is 7.07. The predicted molar refractivity (Wildman–Crippen MR) is 97.7 cm³/mol. The summed E-state index contributed by atoms with van der Waals surface area (Å²) in [5.41, 5.74) is 8.12. The minimum atomic E-state index is -4.04. The lowest BCUT2D eigenvalue weighted by atomic mass is 10.1. The summed E-state index contributed by atoms with van der Waals surface area (Å²) >= 11 is 0. The summed E-state index contributed by atoms with van der Waals surface area (Å²) in [6.07, 6.45) is 0. The molecule has 0 radical (unpaired) electrons. The molecular weight excluding hydrogens is 345 g/mol. The highest BCUT2D eigenvalue weighted by molar-refractivity contribution is 7.47. The summed E-state index contributed by atoms with van der Waals surface area (Å²) in [4.78, 5) is 11.6. The molecule has 0 spiro atoms. The van der Waals surface area contributed by atoms with Crippen LogP contribution in [0, 0.1) is 0 Å². The van der Waals surface area contributed by atoms with Gasteiger partial charge >= 0.3 is 7.82 Å². The van der Waals surface area contributed by atoms with Gasteiger partial charge in [0.1, 0.15) is 13.2 Å². The molecule has 1 aromatic carbocycles. The molecule has 0 fully saturated rings. The fourth-order valence-corrected chi connectivity index (χ4v) is 2.80. The van der Waals surface area contributed by atoms with E-state index in [9.17, 15) is 14.6 Å². The molecule has 144 valence electrons. The van der Waals surface area contributed by atoms with Gasteiger partial charge in [-0.15, -0.1) is 0 Å². The highest BCUT2D eigenvalue weighted by atomic mass is 31.2. The molecule has 0 aromatic heterocycles. The molecule has 0 aliphatic heterocycles. The standard InChI is InChI=1S/C16H30N3O5P/c1-18(12-15-11-16(17)6-5-14(15)13-20)7-9-23-25(21,22)24-10-8-19(2,3)4/h5-6,11,20H,7-10,12-13,17H2,1-4H3/p+1. The van der Waals surface area contributed by atoms with Gasteiger partial charge in [-0.1, -0.05) is 6.07 Å². The first-order chi connectivity index (χ1) is 11.5. The highest BCUT2D eigenvalue weighted by Crippen LogP contribution is 2.42. The van der Waals surface area contributed by atoms with Crippen molar-refractivity contribution in [3.05, 3.63) is 29.3 Å². The molecular formula is C16H31N3O5P+. The van der Waals surface area contributed by atoms with E-state index in [0.29, 0.717) is 29.8 Å². The van der Waals surface area contributed by atoms with E-state index < -0.39 is 7.82 Å². The van der Waals surface area contributed by atoms with Crippen molar-refractivity contribution in [2.24, 2.45) is 0 Å². The van der Waals surface area contributed by atoms with Crippen molar-refractivity contribution in [1.82, 2.24) is 4.90 Å². The number of rotatable bonds is 11. The molecule has 1 rings (SSSR count). The van der Waals surface area contributed by atoms with Crippen molar-refractivity contribution in [2.75, 3.05) is 60.2 Å². The highest BCUT2D eigenvalue weighted by Gasteiger charge is 2.22. The van der Waals surface area contributed by atoms with Crippen LogP contribution in [0.25, 0.3) is 0 Å². The number of nitrogen functional groups attached to an aromatic ring is 1. The van der Waals surface area contributed by atoms with E-state index in [2.05, 4.69) is 0 Å². The zero-order valence-corrected chi connectivity index (χ0v) is 16.4. The summed E-state index contributed by atoms with van der Waals surface area (Å²) in [7, 11) is 3.73. The number of phosphoric ester groups is 1. The van der Waals surface area contributed by atoms with Gasteiger partial charge in [-0.2, -0.15) is 0 Å². The van der Waals surface area contributed by atoms with Crippen LogP contribution in [0.5, 0.6) is 0 Å². The molecule has 0 bridgehead atoms. The minimum absolute atomic E-state index is 0.0609. The molecule has 1 atom stereocenters. The predicted octanol–water partition coefficient (Wildman–Crippen LogP) is 1.03. The summed E-state index contributed by atoms with van der Waals surface area (Å²) in [5, 5.41) is 9.37. The Labute approximate surface area is 150 Å². The van der Waals surface area contributed by atoms with Crippen LogP contribution in [0.4, 0.5) is 5.69 Å². The lowest BCUT2D eigenvalue weighted by Crippen LogP contribution is -2.37. The van der Waals surface area contributed by atoms with Crippen LogP contribution in [0.1, 0.15) is 11.1 Å². The zero-order valence-electron chi connectivity index (χ0n) is 15.5. The molecule has 0 aliphatic carbocycles. The first-order valence-corrected chi connectivity index (χ1v) is 9.61. The maximum absolute atomic E-state index is 11.8. The second-order valence-corrected chi connectivity index (χ2v) is 8.53. The van der Waals surface area contributed by atoms with Crippen LogP contribution < -0.4 is 5.73 Å². The third-order valence-corrected chi connectivity index (χ3v) is 4.60. The van der Waals surface area contributed by atoms with Gasteiger partial charge in [0.05, 0.1) is 34.4 Å². The van der Waals surface area contributed by atoms with E-state index in [1.165, 1.54) is 0 Å². The van der Waals surface area contributed by atoms with Crippen LogP contribution >= 0.6 is 7.82 Å². The molecule has 0 amide bonds. The van der Waals surface area contributed by atoms with Gasteiger partial charge in [-0.05, 0) is 30.3 Å². The number of likely N-dealkylation sites (N-methyl/N-ethyl adjacent to an activating group) is 2. The average molecular weight is 376 g/mol. The quantitative estimate of drug-likeness (QED) is 0.301. The maximum atomic E-state index is 11.8. The second kappa shape index (κ2) is 9.64. The summed E-state index contributed by atoms with van der Waals surface area (Å²) in [6, 6.07) is 5.35. The number of nitrogens with two attached hydrogens (primary N) is 1. The average Bonchev–Trinajstić information content (AvgIpc) is 2.45. The van der Waals surface area contributed by atoms with Crippen molar-refractivity contribution >= 4 is 13.5 Å². The van der Waals surface area contributed by atoms with Crippen molar-refractivity contribution in [1.29, 1.82) is 0 Å². The molecule has 9 heteroatoms. The normalized spacial score (nSPS) is 14.7. The number of phosphoric acid groups is 1. The van der Waals surface area contributed by atoms with Gasteiger partial charge in [0.15, 0.2) is 0 Å². The Kier molecular flexibility index (Phi) is 8.50. The topological polar surface area (TPSA) is 105 Å². The Hall–Kier alpha value is -0.990. The van der Waals surface area contributed by atoms with Gasteiger partial charge in [0.2, 0.25) is 0 Å². The number of benzene rings is 1. The van der Waals surface area contributed by atoms with Gasteiger partial charge in [-0.25, -0.2) is 4.57 Å². The summed E-state index contributed by atoms with van der Waals surface area (Å²) < 4.78 is 22.4. The third-order valence-electron chi connectivity index (χ3n) is 3.58. The van der Waals surface area contributed by atoms with Crippen molar-refractivity contribution < 1.29 is 28.1 Å². The lowest BCUT2D eigenvalue weighted by Gasteiger charge is -2.24. The van der Waals surface area contributed by atoms with E-state index in [0.717, 1.165) is 11.1 Å². The molecule has 0 aliphatic rings. The number of aliphatic hydroxyl groups is 1. The molecule has 0 heterocycles. The first-order valence-electron chi connectivity index (χ1n) is 8.11. The summed E-state index contributed by atoms with van der Waals surface area (Å²) in [5.74, 6) is 0. The largest absolute Gasteiger partial charge is 0.472 e. The molecule has 1 unspecified atom stereocenters. The number of hydrogen-bond donors (Lipinski definition) is 3. The molecule has 0 saturated carbocycles. The Morgan fingerprint density at radius 3 is 2.44 bits per heavy atom. The number of hydrogen-bond acceptors (Lipinski definition) is 6. The van der Waals surface area contributed by atoms with Crippen LogP contribution in [-0.4, -0.2) is 73.9 Å². The van der Waals surface area contributed by atoms with Crippen LogP contribution in [-0.2, 0) is 26.8 Å². The SMILES string of the molecule is CN(CCOP(=O)(O)OCC[N+](C)(C)C)Cc1cc(N)ccc1CO. The monoisotopic (exact) mass is 376 g/mol. The van der Waals surface area contributed by atoms with Crippen LogP contribution in [0.2, 0.25) is 0 Å². The smallest absolute Gasteiger partial charge is 0.399 e. The molecule has 0 saturated heterocycles. The van der Waals surface area contributed by atoms with Gasteiger partial charge in [-0.3, -0.25) is 13.9 Å². The van der Waals surface area contributed by atoms with E-state index in [-0.39, 0.29) is 19.8 Å². The Morgan fingerprint density at radius 2 is 1.84 bits per heavy atom. The van der Waals surface area contributed by atoms with Crippen LogP contribution in [0.15, 0.2) is 18.2 Å². The molecule has 25 heavy (non-hydrogen) atoms. The fraction of sp³-hybridized carbons (Fsp3) is 0.625. The van der Waals surface area contributed by atoms with E-state index >= 15 is 0 Å². The third kappa shape index (κ3) is 9.32. The number of anilines is 1. The van der Waals surface area contributed by atoms with Gasteiger partial charge in [0, 0.05) is 18.8 Å². The van der Waals surface area contributed by atoms with Crippen molar-refractivity contribution in [3.63, 3.8) is 0 Å². The number of quaternary nitrogens is 1. The Balaban J connectivity index is 2.40. The van der Waals surface area contributed by atoms with E-state index in [4.69, 9.17) is 14.8 Å². The first kappa shape index (κ1) is 22.1. The van der Waals surface area contributed by atoms with Crippen molar-refractivity contribution in [3.8, 4) is 0 Å². The van der Waals surface area contributed by atoms with Gasteiger partial charge < -0.3 is 20.2 Å². The Bertz CT molecular complexity index is 592. The summed E-state index contributed by atoms with van der Waals surface area (Å²) in [6.45, 7) is 1.73. The minimum Gasteiger partial charge on any atom is -0.399 e. The number of nitrogens with zero attached hydrogens (tertiary/aromatic N) is 2. The van der Waals surface area contributed by atoms with Crippen LogP contribution in [0.3, 0.4) is 0 Å². The maximum Gasteiger partial charge on any atom is 0.472 e. The van der Waals surface area contributed by atoms with E-state index in [1.807, 2.05) is 39.2 Å². The molecule has 4 N–H and O–H groups in total. The lowest BCUT2D eigenvalue weighted by molar-refractivity contribution is -0.870. The molecule has 8 nitrogen and oxygen atoms in total. The zero-order chi connectivity index (χ0) is 19.1. The number of aliphatic hydroxyl groups excluding tert-OH is 1. The van der Waals surface area contributed by atoms with Crippen molar-refractivity contribution in [2.45, 2.75) is 13.2 Å². The Morgan fingerprint density at radius 1 is 1.20 bits per heavy atom.